The third-order valence-corrected chi connectivity index (χ3v) is 5.59. The van der Waals surface area contributed by atoms with Gasteiger partial charge in [-0.3, -0.25) is 9.59 Å². The number of nitrogens with one attached hydrogen (secondary N) is 1. The monoisotopic (exact) mass is 407 g/mol. The number of aliphatic hydroxyl groups is 1. The van der Waals surface area contributed by atoms with Gasteiger partial charge in [-0.05, 0) is 36.4 Å². The molecule has 0 bridgehead atoms. The van der Waals surface area contributed by atoms with Gasteiger partial charge in [0.15, 0.2) is 5.60 Å². The number of piperidine rings is 1. The van der Waals surface area contributed by atoms with Gasteiger partial charge in [0, 0.05) is 5.92 Å². The lowest BCUT2D eigenvalue weighted by molar-refractivity contribution is -0.173. The molecule has 160 valence electrons. The molecular weight excluding hydrogens is 378 g/mol. The molecule has 1 saturated carbocycles. The summed E-state index contributed by atoms with van der Waals surface area (Å²) in [6.07, 6.45) is -0.593. The van der Waals surface area contributed by atoms with Crippen LogP contribution < -0.4 is 5.32 Å². The number of esters is 1. The lowest BCUT2D eigenvalue weighted by atomic mass is 9.83. The van der Waals surface area contributed by atoms with Crippen LogP contribution in [0, 0.1) is 23.7 Å². The molecule has 0 aromatic heterocycles. The number of benzene rings is 1. The minimum atomic E-state index is -1.57. The summed E-state index contributed by atoms with van der Waals surface area (Å²) in [7, 11) is 0. The van der Waals surface area contributed by atoms with Gasteiger partial charge < -0.3 is 25.4 Å². The minimum Gasteiger partial charge on any atom is -0.481 e. The molecule has 4 atom stereocenters. The van der Waals surface area contributed by atoms with Crippen molar-refractivity contribution in [2.24, 2.45) is 23.7 Å². The van der Waals surface area contributed by atoms with E-state index >= 15 is 0 Å². The average Bonchev–Trinajstić information content (AvgIpc) is 3.11. The molecule has 4 N–H and O–H groups in total. The summed E-state index contributed by atoms with van der Waals surface area (Å²) in [6.45, 7) is 6.16. The first-order valence-electron chi connectivity index (χ1n) is 9.77. The van der Waals surface area contributed by atoms with Crippen molar-refractivity contribution < 1.29 is 34.4 Å². The lowest BCUT2D eigenvalue weighted by Gasteiger charge is -2.30. The average molecular weight is 407 g/mol. The zero-order valence-corrected chi connectivity index (χ0v) is 16.7. The van der Waals surface area contributed by atoms with Gasteiger partial charge in [-0.25, -0.2) is 4.79 Å². The number of hydrogen-bond acceptors (Lipinski definition) is 6. The number of aliphatic carboxylic acids is 2. The summed E-state index contributed by atoms with van der Waals surface area (Å²) in [4.78, 5) is 31.8. The predicted molar refractivity (Wildman–Crippen MR) is 104 cm³/mol. The van der Waals surface area contributed by atoms with Crippen LogP contribution in [0.1, 0.15) is 32.3 Å². The quantitative estimate of drug-likeness (QED) is 0.476. The minimum absolute atomic E-state index is 0.243. The van der Waals surface area contributed by atoms with Gasteiger partial charge in [0.2, 0.25) is 0 Å². The molecule has 1 aromatic rings. The number of carbonyl (C=O) groups is 3. The molecule has 8 heteroatoms. The third kappa shape index (κ3) is 5.77. The van der Waals surface area contributed by atoms with Crippen LogP contribution in [0.3, 0.4) is 0 Å². The van der Waals surface area contributed by atoms with Crippen molar-refractivity contribution in [3.63, 3.8) is 0 Å². The number of fused-ring (bicyclic) bond motifs is 1. The molecule has 3 rings (SSSR count). The van der Waals surface area contributed by atoms with E-state index in [0.717, 1.165) is 13.1 Å². The van der Waals surface area contributed by atoms with Crippen molar-refractivity contribution >= 4 is 17.9 Å². The molecule has 1 saturated heterocycles. The smallest absolute Gasteiger partial charge is 0.343 e. The van der Waals surface area contributed by atoms with Gasteiger partial charge in [-0.1, -0.05) is 44.2 Å². The van der Waals surface area contributed by atoms with Crippen molar-refractivity contribution in [3.8, 4) is 0 Å². The largest absolute Gasteiger partial charge is 0.481 e. The molecule has 2 fully saturated rings. The van der Waals surface area contributed by atoms with Crippen molar-refractivity contribution in [3.05, 3.63) is 35.9 Å². The van der Waals surface area contributed by atoms with E-state index in [1.165, 1.54) is 0 Å². The second kappa shape index (κ2) is 9.84. The first-order valence-corrected chi connectivity index (χ1v) is 9.77. The van der Waals surface area contributed by atoms with E-state index in [4.69, 9.17) is 14.9 Å². The molecule has 2 aliphatic rings. The van der Waals surface area contributed by atoms with E-state index in [9.17, 15) is 19.5 Å². The van der Waals surface area contributed by atoms with Crippen LogP contribution in [0.2, 0.25) is 0 Å². The van der Waals surface area contributed by atoms with Gasteiger partial charge in [-0.15, -0.1) is 0 Å². The molecule has 0 spiro atoms. The van der Waals surface area contributed by atoms with E-state index < -0.39 is 23.5 Å². The standard InChI is InChI=1S/C17H23NO3.C4H6O4/c1-11(2)17(20,12-6-4-3-5-7-12)16(19)21-10-15-13-8-18-9-14(13)15;5-3(6)1-2-4(7)8/h3-7,11,13-15,18,20H,8-10H2,1-2H3;1-2H2,(H,5,6)(H,7,8)/t13-,14+,15?,17?;. The molecule has 2 unspecified atom stereocenters. The van der Waals surface area contributed by atoms with Crippen molar-refractivity contribution in [2.75, 3.05) is 19.7 Å². The maximum atomic E-state index is 12.5. The maximum Gasteiger partial charge on any atom is 0.343 e. The molecule has 1 aliphatic heterocycles. The SMILES string of the molecule is CC(C)C(O)(C(=O)OCC1[C@H]2CNC[C@@H]12)c1ccccc1.O=C(O)CCC(=O)O. The molecule has 1 aromatic carbocycles. The van der Waals surface area contributed by atoms with Crippen LogP contribution >= 0.6 is 0 Å². The Kier molecular flexibility index (Phi) is 7.75. The summed E-state index contributed by atoms with van der Waals surface area (Å²) in [6, 6.07) is 9.07. The predicted octanol–water partition coefficient (Wildman–Crippen LogP) is 1.47. The van der Waals surface area contributed by atoms with Gasteiger partial charge >= 0.3 is 17.9 Å². The van der Waals surface area contributed by atoms with E-state index in [1.807, 2.05) is 32.0 Å². The summed E-state index contributed by atoms with van der Waals surface area (Å²) in [5.74, 6) is -1.14. The molecule has 0 amide bonds. The number of carboxylic acid groups (broad SMARTS) is 2. The first-order chi connectivity index (χ1) is 13.7. The van der Waals surface area contributed by atoms with Crippen LogP contribution in [0.25, 0.3) is 0 Å². The highest BCUT2D eigenvalue weighted by atomic mass is 16.6. The highest BCUT2D eigenvalue weighted by molar-refractivity contribution is 5.81. The first kappa shape index (κ1) is 22.8. The summed E-state index contributed by atoms with van der Waals surface area (Å²) in [5, 5.41) is 30.0. The Morgan fingerprint density at radius 3 is 2.03 bits per heavy atom. The van der Waals surface area contributed by atoms with Gasteiger partial charge in [-0.2, -0.15) is 0 Å². The number of ether oxygens (including phenoxy) is 1. The number of carboxylic acids is 2. The topological polar surface area (TPSA) is 133 Å². The van der Waals surface area contributed by atoms with Crippen molar-refractivity contribution in [2.45, 2.75) is 32.3 Å². The van der Waals surface area contributed by atoms with E-state index in [1.54, 1.807) is 12.1 Å². The summed E-state index contributed by atoms with van der Waals surface area (Å²) >= 11 is 0. The third-order valence-electron chi connectivity index (χ3n) is 5.59. The van der Waals surface area contributed by atoms with E-state index in [2.05, 4.69) is 5.32 Å². The van der Waals surface area contributed by atoms with Crippen molar-refractivity contribution in [1.82, 2.24) is 5.32 Å². The molecule has 8 nitrogen and oxygen atoms in total. The Morgan fingerprint density at radius 2 is 1.59 bits per heavy atom. The highest BCUT2D eigenvalue weighted by Crippen LogP contribution is 2.48. The fraction of sp³-hybridized carbons (Fsp3) is 0.571. The second-order valence-electron chi connectivity index (χ2n) is 7.82. The van der Waals surface area contributed by atoms with Gasteiger partial charge in [0.1, 0.15) is 0 Å². The van der Waals surface area contributed by atoms with Gasteiger partial charge in [0.05, 0.1) is 19.4 Å². The highest BCUT2D eigenvalue weighted by Gasteiger charge is 2.54. The van der Waals surface area contributed by atoms with Crippen LogP contribution in [0.4, 0.5) is 0 Å². The van der Waals surface area contributed by atoms with E-state index in [0.29, 0.717) is 29.9 Å². The fourth-order valence-electron chi connectivity index (χ4n) is 3.67. The summed E-state index contributed by atoms with van der Waals surface area (Å²) in [5.41, 5.74) is -0.966. The number of hydrogen-bond donors (Lipinski definition) is 4. The molecule has 29 heavy (non-hydrogen) atoms. The summed E-state index contributed by atoms with van der Waals surface area (Å²) < 4.78 is 5.47. The fourth-order valence-corrected chi connectivity index (χ4v) is 3.67. The zero-order valence-electron chi connectivity index (χ0n) is 16.7. The molecular formula is C21H29NO7. The molecule has 0 radical (unpaired) electrons. The molecule has 1 aliphatic carbocycles. The Bertz CT molecular complexity index is 697. The number of carbonyl (C=O) groups excluding carboxylic acids is 1. The Balaban J connectivity index is 0.000000321. The van der Waals surface area contributed by atoms with Crippen LogP contribution in [-0.2, 0) is 24.7 Å². The zero-order chi connectivity index (χ0) is 21.6. The Morgan fingerprint density at radius 1 is 1.07 bits per heavy atom. The van der Waals surface area contributed by atoms with Gasteiger partial charge in [0.25, 0.3) is 0 Å². The van der Waals surface area contributed by atoms with Crippen molar-refractivity contribution in [1.29, 1.82) is 0 Å². The normalized spacial score (nSPS) is 23.9. The van der Waals surface area contributed by atoms with E-state index in [-0.39, 0.29) is 18.8 Å². The maximum absolute atomic E-state index is 12.5. The molecule has 1 heterocycles. The Labute approximate surface area is 169 Å². The Hall–Kier alpha value is -2.45. The van der Waals surface area contributed by atoms with Crippen LogP contribution in [-0.4, -0.2) is 52.9 Å². The van der Waals surface area contributed by atoms with Crippen LogP contribution in [0.5, 0.6) is 0 Å². The second-order valence-corrected chi connectivity index (χ2v) is 7.82. The lowest BCUT2D eigenvalue weighted by Crippen LogP contribution is -2.42. The number of rotatable bonds is 8. The van der Waals surface area contributed by atoms with Crippen LogP contribution in [0.15, 0.2) is 30.3 Å².